The van der Waals surface area contributed by atoms with E-state index in [1.807, 2.05) is 18.2 Å². The molecule has 1 aromatic carbocycles. The zero-order chi connectivity index (χ0) is 17.1. The Morgan fingerprint density at radius 2 is 1.96 bits per heavy atom. The molecular formula is C17H26Cl2IN5. The van der Waals surface area contributed by atoms with Crippen LogP contribution in [0, 0.1) is 0 Å². The monoisotopic (exact) mass is 497 g/mol. The summed E-state index contributed by atoms with van der Waals surface area (Å²) < 4.78 is 0. The number of hydrogen-bond acceptors (Lipinski definition) is 3. The summed E-state index contributed by atoms with van der Waals surface area (Å²) >= 11 is 12.1. The van der Waals surface area contributed by atoms with Crippen molar-refractivity contribution in [3.05, 3.63) is 33.8 Å². The molecule has 0 saturated carbocycles. The molecule has 0 aliphatic carbocycles. The lowest BCUT2D eigenvalue weighted by Crippen LogP contribution is -2.63. The molecule has 140 valence electrons. The Labute approximate surface area is 177 Å². The van der Waals surface area contributed by atoms with E-state index < -0.39 is 0 Å². The SMILES string of the molecule is CN=C(NCC1CN2CCN1CC2)NC(C)c1ccc(Cl)c(Cl)c1.I. The molecule has 3 aliphatic rings. The first-order valence-electron chi connectivity index (χ1n) is 8.45. The molecule has 4 rings (SSSR count). The average Bonchev–Trinajstić information content (AvgIpc) is 2.61. The molecule has 2 N–H and O–H groups in total. The van der Waals surface area contributed by atoms with Crippen molar-refractivity contribution in [1.82, 2.24) is 20.4 Å². The van der Waals surface area contributed by atoms with Gasteiger partial charge in [-0.1, -0.05) is 29.3 Å². The third kappa shape index (κ3) is 5.35. The van der Waals surface area contributed by atoms with E-state index in [9.17, 15) is 0 Å². The Bertz CT molecular complexity index is 605. The normalized spacial score (nSPS) is 26.7. The molecule has 0 aromatic heterocycles. The zero-order valence-electron chi connectivity index (χ0n) is 14.6. The van der Waals surface area contributed by atoms with Crippen molar-refractivity contribution in [1.29, 1.82) is 0 Å². The number of hydrogen-bond donors (Lipinski definition) is 2. The number of rotatable bonds is 4. The number of aliphatic imine (C=N–C) groups is 1. The van der Waals surface area contributed by atoms with E-state index in [0.717, 1.165) is 24.6 Å². The molecule has 1 aromatic rings. The maximum Gasteiger partial charge on any atom is 0.191 e. The van der Waals surface area contributed by atoms with Crippen LogP contribution in [0.15, 0.2) is 23.2 Å². The van der Waals surface area contributed by atoms with Gasteiger partial charge in [-0.25, -0.2) is 0 Å². The van der Waals surface area contributed by atoms with Crippen molar-refractivity contribution in [2.24, 2.45) is 4.99 Å². The molecule has 3 aliphatic heterocycles. The Hall–Kier alpha value is -0.280. The van der Waals surface area contributed by atoms with E-state index in [0.29, 0.717) is 16.1 Å². The third-order valence-electron chi connectivity index (χ3n) is 4.92. The Kier molecular flexibility index (Phi) is 8.07. The minimum Gasteiger partial charge on any atom is -0.355 e. The summed E-state index contributed by atoms with van der Waals surface area (Å²) in [6.07, 6.45) is 0. The molecule has 25 heavy (non-hydrogen) atoms. The molecule has 0 radical (unpaired) electrons. The lowest BCUT2D eigenvalue weighted by Gasteiger charge is -2.47. The highest BCUT2D eigenvalue weighted by Crippen LogP contribution is 2.25. The highest BCUT2D eigenvalue weighted by atomic mass is 127. The topological polar surface area (TPSA) is 42.9 Å². The molecule has 0 amide bonds. The van der Waals surface area contributed by atoms with Crippen LogP contribution in [0.2, 0.25) is 10.0 Å². The van der Waals surface area contributed by atoms with Crippen LogP contribution in [0.5, 0.6) is 0 Å². The summed E-state index contributed by atoms with van der Waals surface area (Å²) in [5.74, 6) is 0.811. The van der Waals surface area contributed by atoms with E-state index in [1.165, 1.54) is 26.2 Å². The molecule has 8 heteroatoms. The number of nitrogens with one attached hydrogen (secondary N) is 2. The summed E-state index contributed by atoms with van der Waals surface area (Å²) in [4.78, 5) is 9.46. The van der Waals surface area contributed by atoms with Gasteiger partial charge in [0.1, 0.15) is 0 Å². The lowest BCUT2D eigenvalue weighted by atomic mass is 10.1. The standard InChI is InChI=1S/C17H25Cl2N5.HI/c1-12(13-3-4-15(18)16(19)9-13)22-17(20-2)21-10-14-11-23-5-7-24(14)8-6-23;/h3-4,9,12,14H,5-8,10-11H2,1-2H3,(H2,20,21,22);1H. The first kappa shape index (κ1) is 21.0. The minimum absolute atomic E-state index is 0. The van der Waals surface area contributed by atoms with Crippen LogP contribution in [-0.2, 0) is 0 Å². The molecule has 3 fully saturated rings. The van der Waals surface area contributed by atoms with Gasteiger partial charge in [-0.3, -0.25) is 14.8 Å². The molecule has 5 nitrogen and oxygen atoms in total. The van der Waals surface area contributed by atoms with Gasteiger partial charge < -0.3 is 10.6 Å². The van der Waals surface area contributed by atoms with Crippen molar-refractivity contribution >= 4 is 53.1 Å². The highest BCUT2D eigenvalue weighted by Gasteiger charge is 2.31. The summed E-state index contributed by atoms with van der Waals surface area (Å²) in [5.41, 5.74) is 1.08. The highest BCUT2D eigenvalue weighted by molar-refractivity contribution is 14.0. The molecule has 2 atom stereocenters. The molecule has 3 saturated heterocycles. The molecule has 3 heterocycles. The van der Waals surface area contributed by atoms with Crippen LogP contribution in [0.3, 0.4) is 0 Å². The zero-order valence-corrected chi connectivity index (χ0v) is 18.5. The summed E-state index contributed by atoms with van der Waals surface area (Å²) in [5, 5.41) is 8.03. The van der Waals surface area contributed by atoms with E-state index in [2.05, 4.69) is 32.3 Å². The van der Waals surface area contributed by atoms with Gasteiger partial charge in [0, 0.05) is 52.4 Å². The predicted molar refractivity (Wildman–Crippen MR) is 117 cm³/mol. The van der Waals surface area contributed by atoms with Gasteiger partial charge in [0.15, 0.2) is 5.96 Å². The van der Waals surface area contributed by atoms with E-state index in [4.69, 9.17) is 23.2 Å². The number of benzene rings is 1. The van der Waals surface area contributed by atoms with Crippen LogP contribution < -0.4 is 10.6 Å². The predicted octanol–water partition coefficient (Wildman–Crippen LogP) is 2.84. The average molecular weight is 498 g/mol. The first-order chi connectivity index (χ1) is 11.6. The van der Waals surface area contributed by atoms with Crippen LogP contribution >= 0.6 is 47.2 Å². The Balaban J connectivity index is 0.00000225. The van der Waals surface area contributed by atoms with Crippen molar-refractivity contribution in [3.8, 4) is 0 Å². The fourth-order valence-corrected chi connectivity index (χ4v) is 3.70. The fourth-order valence-electron chi connectivity index (χ4n) is 3.40. The maximum atomic E-state index is 6.11. The van der Waals surface area contributed by atoms with Gasteiger partial charge in [-0.2, -0.15) is 0 Å². The van der Waals surface area contributed by atoms with E-state index in [1.54, 1.807) is 7.05 Å². The number of piperazine rings is 3. The lowest BCUT2D eigenvalue weighted by molar-refractivity contribution is 0.0154. The summed E-state index contributed by atoms with van der Waals surface area (Å²) in [6.45, 7) is 8.91. The quantitative estimate of drug-likeness (QED) is 0.381. The smallest absolute Gasteiger partial charge is 0.191 e. The van der Waals surface area contributed by atoms with Gasteiger partial charge in [-0.15, -0.1) is 24.0 Å². The number of nitrogens with zero attached hydrogens (tertiary/aromatic N) is 3. The molecule has 0 spiro atoms. The molecule has 2 bridgehead atoms. The van der Waals surface area contributed by atoms with Gasteiger partial charge >= 0.3 is 0 Å². The van der Waals surface area contributed by atoms with Crippen LogP contribution in [0.4, 0.5) is 0 Å². The second kappa shape index (κ2) is 9.60. The second-order valence-corrected chi connectivity index (χ2v) is 7.30. The van der Waals surface area contributed by atoms with Crippen LogP contribution in [0.1, 0.15) is 18.5 Å². The second-order valence-electron chi connectivity index (χ2n) is 6.48. The molecular weight excluding hydrogens is 472 g/mol. The summed E-state index contributed by atoms with van der Waals surface area (Å²) in [7, 11) is 1.80. The van der Waals surface area contributed by atoms with Gasteiger partial charge in [0.05, 0.1) is 16.1 Å². The van der Waals surface area contributed by atoms with Crippen molar-refractivity contribution in [2.45, 2.75) is 19.0 Å². The van der Waals surface area contributed by atoms with Crippen LogP contribution in [0.25, 0.3) is 0 Å². The maximum absolute atomic E-state index is 6.11. The van der Waals surface area contributed by atoms with E-state index in [-0.39, 0.29) is 30.0 Å². The summed E-state index contributed by atoms with van der Waals surface area (Å²) in [6, 6.07) is 6.37. The Morgan fingerprint density at radius 1 is 1.24 bits per heavy atom. The Morgan fingerprint density at radius 3 is 2.52 bits per heavy atom. The number of guanidine groups is 1. The minimum atomic E-state index is 0. The number of fused-ring (bicyclic) bond motifs is 3. The van der Waals surface area contributed by atoms with Gasteiger partial charge in [-0.05, 0) is 24.6 Å². The van der Waals surface area contributed by atoms with Gasteiger partial charge in [0.2, 0.25) is 0 Å². The fraction of sp³-hybridized carbons (Fsp3) is 0.588. The third-order valence-corrected chi connectivity index (χ3v) is 5.66. The number of halogens is 3. The van der Waals surface area contributed by atoms with E-state index >= 15 is 0 Å². The first-order valence-corrected chi connectivity index (χ1v) is 9.21. The van der Waals surface area contributed by atoms with Crippen LogP contribution in [-0.4, -0.2) is 68.1 Å². The largest absolute Gasteiger partial charge is 0.355 e. The van der Waals surface area contributed by atoms with Crippen molar-refractivity contribution in [3.63, 3.8) is 0 Å². The molecule has 2 unspecified atom stereocenters. The van der Waals surface area contributed by atoms with Crippen molar-refractivity contribution in [2.75, 3.05) is 46.3 Å². The van der Waals surface area contributed by atoms with Gasteiger partial charge in [0.25, 0.3) is 0 Å². The van der Waals surface area contributed by atoms with Crippen molar-refractivity contribution < 1.29 is 0 Å².